The Morgan fingerprint density at radius 2 is 2.23 bits per heavy atom. The van der Waals surface area contributed by atoms with E-state index in [1.54, 1.807) is 46.6 Å². The van der Waals surface area contributed by atoms with E-state index in [0.29, 0.717) is 29.5 Å². The van der Waals surface area contributed by atoms with E-state index in [1.807, 2.05) is 17.5 Å². The number of nitrogens with zero attached hydrogens (tertiary/aromatic N) is 1. The third-order valence-electron chi connectivity index (χ3n) is 3.25. The summed E-state index contributed by atoms with van der Waals surface area (Å²) in [5.41, 5.74) is 0.655. The fourth-order valence-corrected chi connectivity index (χ4v) is 3.14. The average Bonchev–Trinajstić information content (AvgIpc) is 3.14. The van der Waals surface area contributed by atoms with Crippen molar-refractivity contribution in [2.24, 2.45) is 0 Å². The summed E-state index contributed by atoms with van der Waals surface area (Å²) in [5, 5.41) is 3.44. The van der Waals surface area contributed by atoms with Gasteiger partial charge in [0.25, 0.3) is 5.91 Å². The number of carbonyl (C=O) groups excluding carboxylic acids is 1. The minimum Gasteiger partial charge on any atom is -0.451 e. The van der Waals surface area contributed by atoms with Crippen LogP contribution in [0.25, 0.3) is 11.0 Å². The molecule has 0 unspecified atom stereocenters. The van der Waals surface area contributed by atoms with Gasteiger partial charge in [-0.15, -0.1) is 17.9 Å². The van der Waals surface area contributed by atoms with Crippen LogP contribution in [0.2, 0.25) is 5.02 Å². The average molecular weight is 332 g/mol. The molecule has 2 aromatic heterocycles. The van der Waals surface area contributed by atoms with Crippen molar-refractivity contribution in [1.82, 2.24) is 4.90 Å². The summed E-state index contributed by atoms with van der Waals surface area (Å²) >= 11 is 7.59. The Kier molecular flexibility index (Phi) is 4.32. The van der Waals surface area contributed by atoms with Crippen LogP contribution in [0.4, 0.5) is 0 Å². The number of benzene rings is 1. The Labute approximate surface area is 137 Å². The van der Waals surface area contributed by atoms with Gasteiger partial charge in [0.05, 0.1) is 6.54 Å². The summed E-state index contributed by atoms with van der Waals surface area (Å²) in [6.45, 7) is 4.73. The lowest BCUT2D eigenvalue weighted by atomic mass is 10.2. The summed E-state index contributed by atoms with van der Waals surface area (Å²) in [4.78, 5) is 15.5. The van der Waals surface area contributed by atoms with Crippen LogP contribution in [0.15, 0.2) is 58.9 Å². The van der Waals surface area contributed by atoms with Crippen molar-refractivity contribution in [1.29, 1.82) is 0 Å². The Balaban J connectivity index is 1.88. The van der Waals surface area contributed by atoms with Crippen LogP contribution in [-0.4, -0.2) is 17.4 Å². The van der Waals surface area contributed by atoms with Crippen LogP contribution in [-0.2, 0) is 6.54 Å². The molecule has 3 rings (SSSR count). The molecule has 0 N–H and O–H groups in total. The molecule has 0 aliphatic carbocycles. The standard InChI is InChI=1S/C17H14ClNO2S/c1-2-7-19(11-14-4-3-8-22-14)17(20)16-10-12-9-13(18)5-6-15(12)21-16/h2-6,8-10H,1,7,11H2. The molecule has 0 fully saturated rings. The zero-order valence-electron chi connectivity index (χ0n) is 11.8. The third-order valence-corrected chi connectivity index (χ3v) is 4.35. The molecule has 0 atom stereocenters. The lowest BCUT2D eigenvalue weighted by Gasteiger charge is -2.18. The highest BCUT2D eigenvalue weighted by Gasteiger charge is 2.19. The summed E-state index contributed by atoms with van der Waals surface area (Å²) in [5.74, 6) is 0.163. The van der Waals surface area contributed by atoms with Crippen LogP contribution in [0.3, 0.4) is 0 Å². The second-order valence-electron chi connectivity index (χ2n) is 4.85. The number of fused-ring (bicyclic) bond motifs is 1. The quantitative estimate of drug-likeness (QED) is 0.618. The molecule has 112 valence electrons. The number of halogens is 1. The first kappa shape index (κ1) is 14.9. The number of hydrogen-bond donors (Lipinski definition) is 0. The van der Waals surface area contributed by atoms with E-state index < -0.39 is 0 Å². The molecule has 5 heteroatoms. The van der Waals surface area contributed by atoms with Gasteiger partial charge >= 0.3 is 0 Å². The van der Waals surface area contributed by atoms with Crippen molar-refractivity contribution in [2.45, 2.75) is 6.54 Å². The van der Waals surface area contributed by atoms with Gasteiger partial charge in [-0.3, -0.25) is 4.79 Å². The fraction of sp³-hybridized carbons (Fsp3) is 0.118. The number of furan rings is 1. The Morgan fingerprint density at radius 3 is 2.95 bits per heavy atom. The van der Waals surface area contributed by atoms with E-state index in [0.717, 1.165) is 10.3 Å². The summed E-state index contributed by atoms with van der Waals surface area (Å²) < 4.78 is 5.65. The smallest absolute Gasteiger partial charge is 0.290 e. The van der Waals surface area contributed by atoms with Crippen LogP contribution in [0.5, 0.6) is 0 Å². The lowest BCUT2D eigenvalue weighted by Crippen LogP contribution is -2.30. The molecule has 0 saturated carbocycles. The number of carbonyl (C=O) groups is 1. The highest BCUT2D eigenvalue weighted by molar-refractivity contribution is 7.09. The molecule has 3 aromatic rings. The predicted octanol–water partition coefficient (Wildman–Crippen LogP) is 4.98. The molecule has 1 aromatic carbocycles. The molecule has 3 nitrogen and oxygen atoms in total. The SMILES string of the molecule is C=CCN(Cc1cccs1)C(=O)c1cc2cc(Cl)ccc2o1. The molecular formula is C17H14ClNO2S. The van der Waals surface area contributed by atoms with Crippen LogP contribution in [0.1, 0.15) is 15.4 Å². The Morgan fingerprint density at radius 1 is 1.36 bits per heavy atom. The third kappa shape index (κ3) is 3.08. The van der Waals surface area contributed by atoms with Gasteiger partial charge in [0.15, 0.2) is 5.76 Å². The summed E-state index contributed by atoms with van der Waals surface area (Å²) in [6.07, 6.45) is 1.71. The molecule has 0 aliphatic heterocycles. The second kappa shape index (κ2) is 6.38. The highest BCUT2D eigenvalue weighted by Crippen LogP contribution is 2.24. The highest BCUT2D eigenvalue weighted by atomic mass is 35.5. The predicted molar refractivity (Wildman–Crippen MR) is 90.5 cm³/mol. The molecule has 2 heterocycles. The number of hydrogen-bond acceptors (Lipinski definition) is 3. The number of rotatable bonds is 5. The molecule has 1 amide bonds. The molecule has 0 radical (unpaired) electrons. The lowest BCUT2D eigenvalue weighted by molar-refractivity contribution is 0.0734. The maximum atomic E-state index is 12.7. The zero-order chi connectivity index (χ0) is 15.5. The van der Waals surface area contributed by atoms with Gasteiger partial charge in [-0.05, 0) is 35.7 Å². The summed E-state index contributed by atoms with van der Waals surface area (Å²) in [7, 11) is 0. The van der Waals surface area contributed by atoms with Crippen LogP contribution >= 0.6 is 22.9 Å². The van der Waals surface area contributed by atoms with Crippen molar-refractivity contribution >= 4 is 39.8 Å². The van der Waals surface area contributed by atoms with Crippen molar-refractivity contribution in [3.8, 4) is 0 Å². The van der Waals surface area contributed by atoms with Gasteiger partial charge in [0, 0.05) is 21.8 Å². The topological polar surface area (TPSA) is 33.5 Å². The molecule has 0 spiro atoms. The van der Waals surface area contributed by atoms with E-state index >= 15 is 0 Å². The van der Waals surface area contributed by atoms with Crippen LogP contribution in [0, 0.1) is 0 Å². The summed E-state index contributed by atoms with van der Waals surface area (Å²) in [6, 6.07) is 11.0. The maximum absolute atomic E-state index is 12.7. The first-order chi connectivity index (χ1) is 10.7. The van der Waals surface area contributed by atoms with Crippen molar-refractivity contribution in [3.05, 3.63) is 70.1 Å². The molecule has 0 bridgehead atoms. The largest absolute Gasteiger partial charge is 0.451 e. The molecule has 0 aliphatic rings. The van der Waals surface area contributed by atoms with E-state index in [-0.39, 0.29) is 5.91 Å². The van der Waals surface area contributed by atoms with E-state index in [1.165, 1.54) is 0 Å². The van der Waals surface area contributed by atoms with Crippen molar-refractivity contribution < 1.29 is 9.21 Å². The zero-order valence-corrected chi connectivity index (χ0v) is 13.4. The normalized spacial score (nSPS) is 10.8. The van der Waals surface area contributed by atoms with Gasteiger partial charge < -0.3 is 9.32 Å². The van der Waals surface area contributed by atoms with Gasteiger partial charge in [0.2, 0.25) is 0 Å². The minimum atomic E-state index is -0.152. The molecule has 22 heavy (non-hydrogen) atoms. The van der Waals surface area contributed by atoms with Crippen molar-refractivity contribution in [3.63, 3.8) is 0 Å². The van der Waals surface area contributed by atoms with Gasteiger partial charge in [-0.25, -0.2) is 0 Å². The fourth-order valence-electron chi connectivity index (χ4n) is 2.24. The van der Waals surface area contributed by atoms with E-state index in [9.17, 15) is 4.79 Å². The van der Waals surface area contributed by atoms with Crippen LogP contribution < -0.4 is 0 Å². The molecular weight excluding hydrogens is 318 g/mol. The minimum absolute atomic E-state index is 0.152. The first-order valence-electron chi connectivity index (χ1n) is 6.79. The van der Waals surface area contributed by atoms with Gasteiger partial charge in [-0.1, -0.05) is 23.7 Å². The van der Waals surface area contributed by atoms with E-state index in [4.69, 9.17) is 16.0 Å². The van der Waals surface area contributed by atoms with Crippen molar-refractivity contribution in [2.75, 3.05) is 6.54 Å². The first-order valence-corrected chi connectivity index (χ1v) is 8.05. The number of thiophene rings is 1. The molecule has 0 saturated heterocycles. The van der Waals surface area contributed by atoms with Gasteiger partial charge in [-0.2, -0.15) is 0 Å². The number of amides is 1. The maximum Gasteiger partial charge on any atom is 0.290 e. The Bertz CT molecular complexity index is 807. The Hall–Kier alpha value is -2.04. The van der Waals surface area contributed by atoms with E-state index in [2.05, 4.69) is 6.58 Å². The van der Waals surface area contributed by atoms with Gasteiger partial charge in [0.1, 0.15) is 5.58 Å². The second-order valence-corrected chi connectivity index (χ2v) is 6.32. The monoisotopic (exact) mass is 331 g/mol.